The Bertz CT molecular complexity index is 1120. The molecule has 0 atom stereocenters. The van der Waals surface area contributed by atoms with E-state index in [4.69, 9.17) is 9.72 Å². The van der Waals surface area contributed by atoms with Crippen molar-refractivity contribution in [1.82, 2.24) is 9.88 Å². The van der Waals surface area contributed by atoms with E-state index in [1.807, 2.05) is 18.2 Å². The van der Waals surface area contributed by atoms with Gasteiger partial charge in [-0.3, -0.25) is 4.79 Å². The van der Waals surface area contributed by atoms with Gasteiger partial charge in [0.25, 0.3) is 5.91 Å². The second-order valence-corrected chi connectivity index (χ2v) is 7.86. The number of aromatic carboxylic acids is 1. The molecule has 3 aromatic rings. The molecule has 1 amide bonds. The van der Waals surface area contributed by atoms with Crippen LogP contribution in [0.4, 0.5) is 11.5 Å². The van der Waals surface area contributed by atoms with Gasteiger partial charge in [0.05, 0.1) is 11.1 Å². The summed E-state index contributed by atoms with van der Waals surface area (Å²) in [5.74, 6) is -0.0890. The highest BCUT2D eigenvalue weighted by molar-refractivity contribution is 6.05. The molecule has 8 nitrogen and oxygen atoms in total. The number of pyridine rings is 1. The lowest BCUT2D eigenvalue weighted by Gasteiger charge is -2.22. The maximum atomic E-state index is 12.3. The molecular weight excluding hydrogens is 408 g/mol. The van der Waals surface area contributed by atoms with Gasteiger partial charge in [-0.05, 0) is 56.4 Å². The fourth-order valence-electron chi connectivity index (χ4n) is 3.77. The first-order valence-corrected chi connectivity index (χ1v) is 10.6. The first kappa shape index (κ1) is 21.6. The van der Waals surface area contributed by atoms with Crippen molar-refractivity contribution in [2.75, 3.05) is 50.1 Å². The first-order valence-electron chi connectivity index (χ1n) is 10.6. The minimum atomic E-state index is -1.03. The van der Waals surface area contributed by atoms with E-state index in [1.165, 1.54) is 0 Å². The fourth-order valence-corrected chi connectivity index (χ4v) is 3.77. The van der Waals surface area contributed by atoms with Crippen molar-refractivity contribution in [2.45, 2.75) is 6.42 Å². The summed E-state index contributed by atoms with van der Waals surface area (Å²) in [5.41, 5.74) is 1.24. The maximum absolute atomic E-state index is 12.3. The smallest absolute Gasteiger partial charge is 0.336 e. The number of carboxylic acid groups (broad SMARTS) is 1. The molecule has 1 fully saturated rings. The van der Waals surface area contributed by atoms with Gasteiger partial charge in [0.2, 0.25) is 0 Å². The normalized spacial score (nSPS) is 14.7. The minimum Gasteiger partial charge on any atom is -0.484 e. The number of nitrogens with one attached hydrogen (secondary N) is 1. The predicted molar refractivity (Wildman–Crippen MR) is 124 cm³/mol. The quantitative estimate of drug-likeness (QED) is 0.616. The van der Waals surface area contributed by atoms with Crippen molar-refractivity contribution in [2.24, 2.45) is 0 Å². The highest BCUT2D eigenvalue weighted by Gasteiger charge is 2.19. The van der Waals surface area contributed by atoms with Gasteiger partial charge in [-0.25, -0.2) is 9.78 Å². The van der Waals surface area contributed by atoms with E-state index < -0.39 is 5.97 Å². The van der Waals surface area contributed by atoms with Crippen molar-refractivity contribution in [3.8, 4) is 5.75 Å². The molecule has 0 spiro atoms. The summed E-state index contributed by atoms with van der Waals surface area (Å²) >= 11 is 0. The zero-order valence-corrected chi connectivity index (χ0v) is 18.0. The van der Waals surface area contributed by atoms with E-state index in [1.54, 1.807) is 36.4 Å². The Balaban J connectivity index is 1.54. The molecule has 4 rings (SSSR count). The molecule has 1 aromatic heterocycles. The number of ether oxygens (including phenoxy) is 1. The second-order valence-electron chi connectivity index (χ2n) is 7.86. The lowest BCUT2D eigenvalue weighted by atomic mass is 10.1. The molecule has 2 N–H and O–H groups in total. The van der Waals surface area contributed by atoms with Crippen molar-refractivity contribution in [3.63, 3.8) is 0 Å². The summed E-state index contributed by atoms with van der Waals surface area (Å²) in [6, 6.07) is 15.8. The van der Waals surface area contributed by atoms with Crippen molar-refractivity contribution >= 4 is 34.3 Å². The molecule has 1 aliphatic rings. The van der Waals surface area contributed by atoms with Crippen LogP contribution in [0.5, 0.6) is 5.75 Å². The third-order valence-electron chi connectivity index (χ3n) is 5.47. The molecule has 8 heteroatoms. The Labute approximate surface area is 186 Å². The molecule has 1 saturated heterocycles. The van der Waals surface area contributed by atoms with Gasteiger partial charge in [-0.1, -0.05) is 18.2 Å². The van der Waals surface area contributed by atoms with Crippen molar-refractivity contribution < 1.29 is 19.4 Å². The number of fused-ring (bicyclic) bond motifs is 1. The van der Waals surface area contributed by atoms with E-state index in [0.717, 1.165) is 32.6 Å². The molecule has 0 saturated carbocycles. The third kappa shape index (κ3) is 5.15. The van der Waals surface area contributed by atoms with Crippen LogP contribution in [-0.4, -0.2) is 66.7 Å². The van der Waals surface area contributed by atoms with Gasteiger partial charge in [0.1, 0.15) is 11.6 Å². The summed E-state index contributed by atoms with van der Waals surface area (Å²) < 4.78 is 5.46. The number of nitrogens with zero attached hydrogens (tertiary/aromatic N) is 3. The highest BCUT2D eigenvalue weighted by atomic mass is 16.5. The number of rotatable bonds is 6. The van der Waals surface area contributed by atoms with Gasteiger partial charge in [-0.15, -0.1) is 0 Å². The Morgan fingerprint density at radius 3 is 2.66 bits per heavy atom. The topological polar surface area (TPSA) is 95.0 Å². The monoisotopic (exact) mass is 434 g/mol. The number of para-hydroxylation sites is 1. The zero-order chi connectivity index (χ0) is 22.5. The molecular formula is C24H26N4O4. The molecule has 0 bridgehead atoms. The number of likely N-dealkylation sites (N-methyl/N-ethyl adjacent to an activating group) is 1. The van der Waals surface area contributed by atoms with Crippen molar-refractivity contribution in [3.05, 3.63) is 60.2 Å². The molecule has 1 aliphatic heterocycles. The molecule has 0 radical (unpaired) electrons. The van der Waals surface area contributed by atoms with Crippen LogP contribution >= 0.6 is 0 Å². The lowest BCUT2D eigenvalue weighted by molar-refractivity contribution is -0.118. The lowest BCUT2D eigenvalue weighted by Crippen LogP contribution is -2.29. The summed E-state index contributed by atoms with van der Waals surface area (Å²) in [6.07, 6.45) is 0.995. The number of hydrogen-bond donors (Lipinski definition) is 2. The number of amides is 1. The van der Waals surface area contributed by atoms with E-state index in [-0.39, 0.29) is 18.1 Å². The molecule has 2 aromatic carbocycles. The maximum Gasteiger partial charge on any atom is 0.336 e. The standard InChI is InChI=1S/C24H26N4O4/c1-27-10-5-11-28(13-12-27)22-15-20(24(30)31)19-14-17(8-9-21(19)26-22)25-23(29)16-32-18-6-3-2-4-7-18/h2-4,6-9,14-15H,5,10-13,16H2,1H3,(H,25,29)(H,30,31). The van der Waals surface area contributed by atoms with E-state index in [0.29, 0.717) is 28.2 Å². The number of anilines is 2. The summed E-state index contributed by atoms with van der Waals surface area (Å²) in [7, 11) is 2.08. The average molecular weight is 434 g/mol. The molecule has 2 heterocycles. The van der Waals surface area contributed by atoms with Gasteiger partial charge in [0, 0.05) is 30.7 Å². The summed E-state index contributed by atoms with van der Waals surface area (Å²) in [6.45, 7) is 3.39. The van der Waals surface area contributed by atoms with E-state index >= 15 is 0 Å². The number of benzene rings is 2. The van der Waals surface area contributed by atoms with Crippen LogP contribution in [0.3, 0.4) is 0 Å². The number of hydrogen-bond acceptors (Lipinski definition) is 6. The van der Waals surface area contributed by atoms with Crippen molar-refractivity contribution in [1.29, 1.82) is 0 Å². The Morgan fingerprint density at radius 1 is 1.06 bits per heavy atom. The van der Waals surface area contributed by atoms with Gasteiger partial charge >= 0.3 is 5.97 Å². The van der Waals surface area contributed by atoms with Crippen LogP contribution in [0.25, 0.3) is 10.9 Å². The Hall–Kier alpha value is -3.65. The number of carbonyl (C=O) groups is 2. The van der Waals surface area contributed by atoms with Crippen LogP contribution in [0.15, 0.2) is 54.6 Å². The van der Waals surface area contributed by atoms with Crippen LogP contribution in [0.2, 0.25) is 0 Å². The SMILES string of the molecule is CN1CCCN(c2cc(C(=O)O)c3cc(NC(=O)COc4ccccc4)ccc3n2)CC1. The number of aromatic nitrogens is 1. The fraction of sp³-hybridized carbons (Fsp3) is 0.292. The third-order valence-corrected chi connectivity index (χ3v) is 5.47. The van der Waals surface area contributed by atoms with Gasteiger partial charge in [-0.2, -0.15) is 0 Å². The van der Waals surface area contributed by atoms with Crippen LogP contribution in [0, 0.1) is 0 Å². The average Bonchev–Trinajstić information content (AvgIpc) is 3.02. The Morgan fingerprint density at radius 2 is 1.88 bits per heavy atom. The molecule has 32 heavy (non-hydrogen) atoms. The largest absolute Gasteiger partial charge is 0.484 e. The zero-order valence-electron chi connectivity index (χ0n) is 18.0. The first-order chi connectivity index (χ1) is 15.5. The number of carboxylic acids is 1. The van der Waals surface area contributed by atoms with Crippen LogP contribution in [0.1, 0.15) is 16.8 Å². The number of carbonyl (C=O) groups excluding carboxylic acids is 1. The summed E-state index contributed by atoms with van der Waals surface area (Å²) in [5, 5.41) is 13.1. The van der Waals surface area contributed by atoms with Crippen LogP contribution in [-0.2, 0) is 4.79 Å². The highest BCUT2D eigenvalue weighted by Crippen LogP contribution is 2.26. The molecule has 0 unspecified atom stereocenters. The molecule has 0 aliphatic carbocycles. The Kier molecular flexibility index (Phi) is 6.51. The van der Waals surface area contributed by atoms with Gasteiger partial charge < -0.3 is 25.0 Å². The van der Waals surface area contributed by atoms with Gasteiger partial charge in [0.15, 0.2) is 6.61 Å². The predicted octanol–water partition coefficient (Wildman–Crippen LogP) is 3.09. The minimum absolute atomic E-state index is 0.144. The second kappa shape index (κ2) is 9.65. The van der Waals surface area contributed by atoms with E-state index in [9.17, 15) is 14.7 Å². The molecule has 166 valence electrons. The summed E-state index contributed by atoms with van der Waals surface area (Å²) in [4.78, 5) is 33.4. The van der Waals surface area contributed by atoms with Crippen LogP contribution < -0.4 is 15.0 Å². The van der Waals surface area contributed by atoms with E-state index in [2.05, 4.69) is 22.2 Å².